The number of aromatic nitrogens is 1. The Labute approximate surface area is 127 Å². The van der Waals surface area contributed by atoms with Gasteiger partial charge in [0, 0.05) is 29.5 Å². The monoisotopic (exact) mass is 281 g/mol. The van der Waals surface area contributed by atoms with Crippen LogP contribution in [0.15, 0.2) is 42.6 Å². The lowest BCUT2D eigenvalue weighted by Crippen LogP contribution is -2.35. The fourth-order valence-electron chi connectivity index (χ4n) is 3.12. The summed E-state index contributed by atoms with van der Waals surface area (Å²) in [6.45, 7) is 4.47. The molecule has 1 aromatic carbocycles. The summed E-state index contributed by atoms with van der Waals surface area (Å²) in [7, 11) is 2.00. The maximum atomic E-state index is 4.71. The molecule has 2 unspecified atom stereocenters. The lowest BCUT2D eigenvalue weighted by molar-refractivity contribution is 0.599. The molecule has 0 spiro atoms. The summed E-state index contributed by atoms with van der Waals surface area (Å²) in [5.74, 6) is 1.08. The molecule has 0 radical (unpaired) electrons. The van der Waals surface area contributed by atoms with Crippen LogP contribution in [0.4, 0.5) is 11.5 Å². The van der Waals surface area contributed by atoms with Gasteiger partial charge in [-0.3, -0.25) is 0 Å². The Bertz CT molecular complexity index is 623. The van der Waals surface area contributed by atoms with Crippen molar-refractivity contribution >= 4 is 11.5 Å². The molecule has 0 fully saturated rings. The van der Waals surface area contributed by atoms with Gasteiger partial charge in [-0.2, -0.15) is 0 Å². The van der Waals surface area contributed by atoms with E-state index in [1.165, 1.54) is 23.2 Å². The third kappa shape index (κ3) is 2.54. The first kappa shape index (κ1) is 14.1. The largest absolute Gasteiger partial charge is 0.323 e. The zero-order chi connectivity index (χ0) is 14.8. The molecule has 2 atom stereocenters. The maximum absolute atomic E-state index is 4.71. The van der Waals surface area contributed by atoms with E-state index in [1.807, 2.05) is 19.3 Å². The number of para-hydroxylation sites is 1. The Hall–Kier alpha value is -1.87. The lowest BCUT2D eigenvalue weighted by Gasteiger charge is -2.37. The molecule has 110 valence electrons. The standard InChI is InChI=1S/C18H23N3/c1-13-10-11-15-7-4-5-9-17(15)21(13)18-16(14(2)19-3)8-6-12-20-18/h4-9,12-14,19H,10-11H2,1-3H3. The average molecular weight is 281 g/mol. The quantitative estimate of drug-likeness (QED) is 0.926. The van der Waals surface area contributed by atoms with E-state index in [0.717, 1.165) is 12.2 Å². The third-order valence-electron chi connectivity index (χ3n) is 4.47. The van der Waals surface area contributed by atoms with Crippen LogP contribution in [0.25, 0.3) is 0 Å². The Morgan fingerprint density at radius 2 is 2.05 bits per heavy atom. The van der Waals surface area contributed by atoms with Gasteiger partial charge in [0.05, 0.1) is 0 Å². The maximum Gasteiger partial charge on any atom is 0.137 e. The van der Waals surface area contributed by atoms with Gasteiger partial charge in [-0.15, -0.1) is 0 Å². The number of nitrogens with zero attached hydrogens (tertiary/aromatic N) is 2. The normalized spacial score (nSPS) is 19.2. The molecule has 3 nitrogen and oxygen atoms in total. The highest BCUT2D eigenvalue weighted by atomic mass is 15.2. The second kappa shape index (κ2) is 5.86. The molecule has 2 heterocycles. The minimum absolute atomic E-state index is 0.287. The minimum Gasteiger partial charge on any atom is -0.323 e. The van der Waals surface area contributed by atoms with Gasteiger partial charge in [0.25, 0.3) is 0 Å². The van der Waals surface area contributed by atoms with E-state index < -0.39 is 0 Å². The number of hydrogen-bond donors (Lipinski definition) is 1. The first-order valence-electron chi connectivity index (χ1n) is 7.71. The Balaban J connectivity index is 2.12. The number of rotatable bonds is 3. The second-order valence-electron chi connectivity index (χ2n) is 5.81. The molecule has 1 aliphatic rings. The van der Waals surface area contributed by atoms with Crippen LogP contribution in [0.5, 0.6) is 0 Å². The summed E-state index contributed by atoms with van der Waals surface area (Å²) in [6.07, 6.45) is 4.21. The van der Waals surface area contributed by atoms with Crippen molar-refractivity contribution in [3.05, 3.63) is 53.7 Å². The van der Waals surface area contributed by atoms with Gasteiger partial charge in [-0.05, 0) is 51.4 Å². The number of hydrogen-bond acceptors (Lipinski definition) is 3. The molecule has 1 N–H and O–H groups in total. The highest BCUT2D eigenvalue weighted by molar-refractivity contribution is 5.68. The van der Waals surface area contributed by atoms with Crippen molar-refractivity contribution in [2.45, 2.75) is 38.8 Å². The molecule has 21 heavy (non-hydrogen) atoms. The topological polar surface area (TPSA) is 28.2 Å². The molecule has 0 aliphatic carbocycles. The van der Waals surface area contributed by atoms with Gasteiger partial charge >= 0.3 is 0 Å². The highest BCUT2D eigenvalue weighted by Gasteiger charge is 2.27. The molecule has 0 bridgehead atoms. The smallest absolute Gasteiger partial charge is 0.137 e. The lowest BCUT2D eigenvalue weighted by atomic mass is 9.95. The summed E-state index contributed by atoms with van der Waals surface area (Å²) >= 11 is 0. The predicted molar refractivity (Wildman–Crippen MR) is 88.1 cm³/mol. The van der Waals surface area contributed by atoms with Crippen LogP contribution < -0.4 is 10.2 Å². The van der Waals surface area contributed by atoms with Crippen molar-refractivity contribution in [2.24, 2.45) is 0 Å². The van der Waals surface area contributed by atoms with Crippen LogP contribution in [0.2, 0.25) is 0 Å². The van der Waals surface area contributed by atoms with Crippen LogP contribution in [0.1, 0.15) is 37.4 Å². The van der Waals surface area contributed by atoms with E-state index in [2.05, 4.69) is 54.4 Å². The predicted octanol–water partition coefficient (Wildman–Crippen LogP) is 3.83. The molecule has 2 aromatic rings. The summed E-state index contributed by atoms with van der Waals surface area (Å²) < 4.78 is 0. The molecule has 3 rings (SSSR count). The van der Waals surface area contributed by atoms with E-state index in [-0.39, 0.29) is 6.04 Å². The summed E-state index contributed by atoms with van der Waals surface area (Å²) in [5.41, 5.74) is 3.98. The summed E-state index contributed by atoms with van der Waals surface area (Å²) in [5, 5.41) is 3.33. The molecule has 0 saturated carbocycles. The molecule has 1 aromatic heterocycles. The van der Waals surface area contributed by atoms with Crippen molar-refractivity contribution in [1.29, 1.82) is 0 Å². The Kier molecular flexibility index (Phi) is 3.93. The number of fused-ring (bicyclic) bond motifs is 1. The number of benzene rings is 1. The van der Waals surface area contributed by atoms with E-state index in [4.69, 9.17) is 4.98 Å². The van der Waals surface area contributed by atoms with Gasteiger partial charge in [0.2, 0.25) is 0 Å². The van der Waals surface area contributed by atoms with Crippen LogP contribution in [0.3, 0.4) is 0 Å². The molecule has 3 heteroatoms. The van der Waals surface area contributed by atoms with Gasteiger partial charge in [-0.1, -0.05) is 24.3 Å². The zero-order valence-corrected chi connectivity index (χ0v) is 13.0. The van der Waals surface area contributed by atoms with Gasteiger partial charge in [0.15, 0.2) is 0 Å². The number of anilines is 2. The third-order valence-corrected chi connectivity index (χ3v) is 4.47. The Morgan fingerprint density at radius 3 is 2.86 bits per heavy atom. The van der Waals surface area contributed by atoms with Crippen molar-refractivity contribution in [2.75, 3.05) is 11.9 Å². The molecule has 0 saturated heterocycles. The molecular formula is C18H23N3. The van der Waals surface area contributed by atoms with Gasteiger partial charge < -0.3 is 10.2 Å². The first-order valence-corrected chi connectivity index (χ1v) is 7.71. The van der Waals surface area contributed by atoms with Crippen LogP contribution in [0, 0.1) is 0 Å². The summed E-state index contributed by atoms with van der Waals surface area (Å²) in [6, 6.07) is 13.6. The number of pyridine rings is 1. The second-order valence-corrected chi connectivity index (χ2v) is 5.81. The van der Waals surface area contributed by atoms with Crippen molar-refractivity contribution in [1.82, 2.24) is 10.3 Å². The van der Waals surface area contributed by atoms with Crippen molar-refractivity contribution in [3.8, 4) is 0 Å². The van der Waals surface area contributed by atoms with E-state index >= 15 is 0 Å². The van der Waals surface area contributed by atoms with Crippen LogP contribution >= 0.6 is 0 Å². The first-order chi connectivity index (χ1) is 10.2. The number of nitrogens with one attached hydrogen (secondary N) is 1. The van der Waals surface area contributed by atoms with Gasteiger partial charge in [0.1, 0.15) is 5.82 Å². The zero-order valence-electron chi connectivity index (χ0n) is 13.0. The van der Waals surface area contributed by atoms with Crippen LogP contribution in [-0.2, 0) is 6.42 Å². The fourth-order valence-corrected chi connectivity index (χ4v) is 3.12. The molecule has 1 aliphatic heterocycles. The van der Waals surface area contributed by atoms with E-state index in [9.17, 15) is 0 Å². The Morgan fingerprint density at radius 1 is 1.24 bits per heavy atom. The fraction of sp³-hybridized carbons (Fsp3) is 0.389. The van der Waals surface area contributed by atoms with Crippen LogP contribution in [-0.4, -0.2) is 18.1 Å². The molecular weight excluding hydrogens is 258 g/mol. The van der Waals surface area contributed by atoms with E-state index in [0.29, 0.717) is 6.04 Å². The SMILES string of the molecule is CNC(C)c1cccnc1N1c2ccccc2CCC1C. The highest BCUT2D eigenvalue weighted by Crippen LogP contribution is 2.38. The van der Waals surface area contributed by atoms with Crippen molar-refractivity contribution in [3.63, 3.8) is 0 Å². The van der Waals surface area contributed by atoms with E-state index in [1.54, 1.807) is 0 Å². The number of aryl methyl sites for hydroxylation is 1. The van der Waals surface area contributed by atoms with Gasteiger partial charge in [-0.25, -0.2) is 4.98 Å². The molecule has 0 amide bonds. The summed E-state index contributed by atoms with van der Waals surface area (Å²) in [4.78, 5) is 7.11. The van der Waals surface area contributed by atoms with Crippen molar-refractivity contribution < 1.29 is 0 Å². The average Bonchev–Trinajstić information content (AvgIpc) is 2.54. The minimum atomic E-state index is 0.287.